The third kappa shape index (κ3) is 1.79. The summed E-state index contributed by atoms with van der Waals surface area (Å²) < 4.78 is 6.09. The summed E-state index contributed by atoms with van der Waals surface area (Å²) in [7, 11) is 0. The average molecular weight is 278 g/mol. The second kappa shape index (κ2) is 4.48. The van der Waals surface area contributed by atoms with Crippen molar-refractivity contribution in [1.29, 1.82) is 0 Å². The van der Waals surface area contributed by atoms with Gasteiger partial charge < -0.3 is 4.74 Å². The highest BCUT2D eigenvalue weighted by Gasteiger charge is 2.69. The Balaban J connectivity index is 1.84. The zero-order valence-corrected chi connectivity index (χ0v) is 13.7. The predicted molar refractivity (Wildman–Crippen MR) is 80.2 cm³/mol. The lowest BCUT2D eigenvalue weighted by atomic mass is 9.72. The molecule has 2 bridgehead atoms. The normalized spacial score (nSPS) is 46.2. The van der Waals surface area contributed by atoms with Crippen molar-refractivity contribution in [3.63, 3.8) is 0 Å². The van der Waals surface area contributed by atoms with Crippen LogP contribution in [0.3, 0.4) is 0 Å². The second-order valence-electron chi connectivity index (χ2n) is 8.41. The first kappa shape index (κ1) is 14.4. The molecule has 6 unspecified atom stereocenters. The van der Waals surface area contributed by atoms with Gasteiger partial charge in [-0.15, -0.1) is 0 Å². The molecular formula is C18H30O2. The highest BCUT2D eigenvalue weighted by atomic mass is 16.6. The predicted octanol–water partition coefficient (Wildman–Crippen LogP) is 4.43. The Morgan fingerprint density at radius 3 is 2.55 bits per heavy atom. The number of hydrogen-bond acceptors (Lipinski definition) is 2. The van der Waals surface area contributed by atoms with Gasteiger partial charge in [0.15, 0.2) is 0 Å². The van der Waals surface area contributed by atoms with Crippen LogP contribution in [0.4, 0.5) is 0 Å². The third-order valence-electron chi connectivity index (χ3n) is 6.96. The fraction of sp³-hybridized carbons (Fsp3) is 0.944. The molecule has 3 aliphatic carbocycles. The van der Waals surface area contributed by atoms with E-state index in [1.54, 1.807) is 0 Å². The van der Waals surface area contributed by atoms with Crippen LogP contribution in [0.15, 0.2) is 0 Å². The first-order valence-corrected chi connectivity index (χ1v) is 8.54. The molecular weight excluding hydrogens is 248 g/mol. The quantitative estimate of drug-likeness (QED) is 0.714. The highest BCUT2D eigenvalue weighted by Crippen LogP contribution is 2.71. The molecule has 0 spiro atoms. The summed E-state index contributed by atoms with van der Waals surface area (Å²) in [6.07, 6.45) is 6.11. The van der Waals surface area contributed by atoms with Crippen LogP contribution in [0.1, 0.15) is 66.7 Å². The van der Waals surface area contributed by atoms with Crippen LogP contribution in [-0.4, -0.2) is 11.6 Å². The Labute approximate surface area is 123 Å². The monoisotopic (exact) mass is 278 g/mol. The molecule has 0 aromatic rings. The first-order chi connectivity index (χ1) is 9.31. The highest BCUT2D eigenvalue weighted by molar-refractivity contribution is 5.72. The maximum absolute atomic E-state index is 12.3. The van der Waals surface area contributed by atoms with E-state index in [2.05, 4.69) is 27.7 Å². The lowest BCUT2D eigenvalue weighted by Gasteiger charge is -2.41. The number of hydrogen-bond donors (Lipinski definition) is 0. The molecule has 2 nitrogen and oxygen atoms in total. The molecule has 0 aliphatic heterocycles. The van der Waals surface area contributed by atoms with Gasteiger partial charge >= 0.3 is 5.97 Å². The maximum Gasteiger partial charge on any atom is 0.309 e. The van der Waals surface area contributed by atoms with Crippen LogP contribution in [0, 0.1) is 35.0 Å². The van der Waals surface area contributed by atoms with Gasteiger partial charge in [0.1, 0.15) is 5.60 Å². The van der Waals surface area contributed by atoms with E-state index in [0.29, 0.717) is 11.3 Å². The molecule has 20 heavy (non-hydrogen) atoms. The van der Waals surface area contributed by atoms with Gasteiger partial charge in [-0.25, -0.2) is 0 Å². The molecule has 0 N–H and O–H groups in total. The Morgan fingerprint density at radius 1 is 1.25 bits per heavy atom. The van der Waals surface area contributed by atoms with E-state index < -0.39 is 0 Å². The molecule has 3 rings (SSSR count). The van der Waals surface area contributed by atoms with Crippen molar-refractivity contribution in [3.8, 4) is 0 Å². The van der Waals surface area contributed by atoms with Crippen LogP contribution in [-0.2, 0) is 9.53 Å². The summed E-state index contributed by atoms with van der Waals surface area (Å²) in [4.78, 5) is 12.3. The number of fused-ring (bicyclic) bond motifs is 5. The van der Waals surface area contributed by atoms with Gasteiger partial charge in [0.25, 0.3) is 0 Å². The van der Waals surface area contributed by atoms with Crippen molar-refractivity contribution in [1.82, 2.24) is 0 Å². The van der Waals surface area contributed by atoms with Crippen molar-refractivity contribution in [2.24, 2.45) is 35.0 Å². The summed E-state index contributed by atoms with van der Waals surface area (Å²) in [6, 6.07) is 0. The van der Waals surface area contributed by atoms with Crippen molar-refractivity contribution in [3.05, 3.63) is 0 Å². The summed E-state index contributed by atoms with van der Waals surface area (Å²) in [5, 5.41) is 0. The standard InChI is InChI=1S/C18H30O2/c1-6-11(2)16(19)20-18(5)10-14-12-8-7-9-13(12)15(18)17(14,3)4/h11-15H,6-10H2,1-5H3. The topological polar surface area (TPSA) is 26.3 Å². The number of carbonyl (C=O) groups excluding carboxylic acids is 1. The molecule has 0 heterocycles. The number of carbonyl (C=O) groups is 1. The lowest BCUT2D eigenvalue weighted by Crippen LogP contribution is -2.45. The van der Waals surface area contributed by atoms with Gasteiger partial charge in [0, 0.05) is 5.92 Å². The van der Waals surface area contributed by atoms with Gasteiger partial charge in [0.2, 0.25) is 0 Å². The van der Waals surface area contributed by atoms with E-state index in [4.69, 9.17) is 4.74 Å². The number of ether oxygens (including phenoxy) is 1. The average Bonchev–Trinajstić information content (AvgIpc) is 2.95. The van der Waals surface area contributed by atoms with Crippen LogP contribution < -0.4 is 0 Å². The van der Waals surface area contributed by atoms with Gasteiger partial charge in [-0.2, -0.15) is 0 Å². The van der Waals surface area contributed by atoms with Crippen LogP contribution in [0.5, 0.6) is 0 Å². The van der Waals surface area contributed by atoms with Crippen LogP contribution >= 0.6 is 0 Å². The van der Waals surface area contributed by atoms with E-state index in [9.17, 15) is 4.79 Å². The van der Waals surface area contributed by atoms with E-state index in [0.717, 1.165) is 30.6 Å². The summed E-state index contributed by atoms with van der Waals surface area (Å²) >= 11 is 0. The van der Waals surface area contributed by atoms with E-state index in [-0.39, 0.29) is 17.5 Å². The zero-order valence-electron chi connectivity index (χ0n) is 13.7. The molecule has 0 saturated heterocycles. The van der Waals surface area contributed by atoms with Gasteiger partial charge in [-0.05, 0) is 55.8 Å². The summed E-state index contributed by atoms with van der Waals surface area (Å²) in [6.45, 7) is 11.1. The Morgan fingerprint density at radius 2 is 1.90 bits per heavy atom. The Bertz CT molecular complexity index is 414. The third-order valence-corrected chi connectivity index (χ3v) is 6.96. The largest absolute Gasteiger partial charge is 0.459 e. The second-order valence-corrected chi connectivity index (χ2v) is 8.41. The fourth-order valence-corrected chi connectivity index (χ4v) is 6.09. The number of esters is 1. The molecule has 0 aromatic heterocycles. The van der Waals surface area contributed by atoms with E-state index >= 15 is 0 Å². The SMILES string of the molecule is CCC(C)C(=O)OC1(C)CC2C3CCCC3C1C2(C)C. The number of rotatable bonds is 3. The summed E-state index contributed by atoms with van der Waals surface area (Å²) in [5.41, 5.74) is 0.139. The first-order valence-electron chi connectivity index (χ1n) is 8.54. The molecule has 0 aromatic carbocycles. The maximum atomic E-state index is 12.3. The molecule has 2 heteroatoms. The molecule has 3 saturated carbocycles. The fourth-order valence-electron chi connectivity index (χ4n) is 6.09. The Kier molecular flexibility index (Phi) is 3.23. The van der Waals surface area contributed by atoms with Gasteiger partial charge in [-0.3, -0.25) is 4.79 Å². The molecule has 3 fully saturated rings. The van der Waals surface area contributed by atoms with E-state index in [1.165, 1.54) is 19.3 Å². The van der Waals surface area contributed by atoms with Crippen LogP contribution in [0.2, 0.25) is 0 Å². The lowest BCUT2D eigenvalue weighted by molar-refractivity contribution is -0.172. The Hall–Kier alpha value is -0.530. The minimum Gasteiger partial charge on any atom is -0.459 e. The van der Waals surface area contributed by atoms with Crippen LogP contribution in [0.25, 0.3) is 0 Å². The van der Waals surface area contributed by atoms with Crippen molar-refractivity contribution < 1.29 is 9.53 Å². The smallest absolute Gasteiger partial charge is 0.309 e. The molecule has 6 atom stereocenters. The van der Waals surface area contributed by atoms with Crippen molar-refractivity contribution >= 4 is 5.97 Å². The van der Waals surface area contributed by atoms with Crippen molar-refractivity contribution in [2.45, 2.75) is 72.3 Å². The van der Waals surface area contributed by atoms with Gasteiger partial charge in [0.05, 0.1) is 5.92 Å². The molecule has 0 amide bonds. The minimum absolute atomic E-state index is 0.0212. The molecule has 3 aliphatic rings. The van der Waals surface area contributed by atoms with E-state index in [1.807, 2.05) is 6.92 Å². The van der Waals surface area contributed by atoms with Gasteiger partial charge in [-0.1, -0.05) is 34.1 Å². The zero-order chi connectivity index (χ0) is 14.7. The molecule has 114 valence electrons. The minimum atomic E-state index is -0.208. The summed E-state index contributed by atoms with van der Waals surface area (Å²) in [5.74, 6) is 3.10. The molecule has 0 radical (unpaired) electrons. The van der Waals surface area contributed by atoms with Crippen molar-refractivity contribution in [2.75, 3.05) is 0 Å².